The van der Waals surface area contributed by atoms with Gasteiger partial charge in [0.1, 0.15) is 0 Å². The van der Waals surface area contributed by atoms with E-state index in [4.69, 9.17) is 0 Å². The molecule has 0 nitrogen and oxygen atoms in total. The van der Waals surface area contributed by atoms with Crippen molar-refractivity contribution in [1.82, 2.24) is 0 Å². The number of rotatable bonds is 3. The van der Waals surface area contributed by atoms with E-state index in [0.29, 0.717) is 0 Å². The number of hydrogen-bond donors (Lipinski definition) is 0. The predicted molar refractivity (Wildman–Crippen MR) is 88.8 cm³/mol. The highest BCUT2D eigenvalue weighted by molar-refractivity contribution is 6.23. The average molecular weight is 258 g/mol. The number of benzene rings is 4. The Morgan fingerprint density at radius 3 is 1.85 bits per heavy atom. The van der Waals surface area contributed by atoms with Crippen LogP contribution in [0.1, 0.15) is 25.3 Å². The Bertz CT molecular complexity index is 822. The first-order valence-corrected chi connectivity index (χ1v) is 7.53. The second-order valence-corrected chi connectivity index (χ2v) is 5.73. The lowest BCUT2D eigenvalue weighted by Gasteiger charge is -2.12. The van der Waals surface area contributed by atoms with Gasteiger partial charge in [0.05, 0.1) is 0 Å². The molecule has 0 aromatic heterocycles. The van der Waals surface area contributed by atoms with E-state index >= 15 is 0 Å². The molecule has 0 aliphatic rings. The van der Waals surface area contributed by atoms with Crippen LogP contribution >= 0.6 is 0 Å². The van der Waals surface area contributed by atoms with Crippen LogP contribution in [0.2, 0.25) is 0 Å². The van der Waals surface area contributed by atoms with Crippen LogP contribution in [0.15, 0.2) is 54.6 Å². The summed E-state index contributed by atoms with van der Waals surface area (Å²) < 4.78 is 0. The highest BCUT2D eigenvalue weighted by Gasteiger charge is 2.08. The minimum Gasteiger partial charge on any atom is -0.0654 e. The molecule has 0 heterocycles. The molecule has 4 aromatic carbocycles. The van der Waals surface area contributed by atoms with Crippen LogP contribution in [0.5, 0.6) is 0 Å². The highest BCUT2D eigenvalue weighted by Crippen LogP contribution is 2.35. The van der Waals surface area contributed by atoms with Gasteiger partial charge in [0.25, 0.3) is 0 Å². The van der Waals surface area contributed by atoms with Crippen LogP contribution in [-0.4, -0.2) is 0 Å². The second kappa shape index (κ2) is 4.49. The largest absolute Gasteiger partial charge is 0.0654 e. The molecule has 0 fully saturated rings. The van der Waals surface area contributed by atoms with Crippen molar-refractivity contribution in [2.45, 2.75) is 26.2 Å². The van der Waals surface area contributed by atoms with Gasteiger partial charge in [-0.15, -0.1) is 0 Å². The van der Waals surface area contributed by atoms with Gasteiger partial charge in [0.2, 0.25) is 0 Å². The van der Waals surface area contributed by atoms with Gasteiger partial charge in [-0.25, -0.2) is 0 Å². The average Bonchev–Trinajstić information content (AvgIpc) is 2.50. The predicted octanol–water partition coefficient (Wildman–Crippen LogP) is 5.93. The lowest BCUT2D eigenvalue weighted by Crippen LogP contribution is -1.88. The molecule has 0 bridgehead atoms. The second-order valence-electron chi connectivity index (χ2n) is 5.73. The fourth-order valence-corrected chi connectivity index (χ4v) is 3.34. The Morgan fingerprint density at radius 2 is 1.25 bits per heavy atom. The smallest absolute Gasteiger partial charge is 0.00266 e. The quantitative estimate of drug-likeness (QED) is 0.400. The van der Waals surface area contributed by atoms with Gasteiger partial charge in [0.15, 0.2) is 0 Å². The molecule has 0 unspecified atom stereocenters. The number of aryl methyl sites for hydroxylation is 1. The van der Waals surface area contributed by atoms with Crippen LogP contribution in [-0.2, 0) is 6.42 Å². The van der Waals surface area contributed by atoms with Crippen molar-refractivity contribution in [3.05, 3.63) is 60.2 Å². The van der Waals surface area contributed by atoms with Crippen molar-refractivity contribution in [2.75, 3.05) is 0 Å². The summed E-state index contributed by atoms with van der Waals surface area (Å²) in [6.07, 6.45) is 3.71. The van der Waals surface area contributed by atoms with E-state index in [1.165, 1.54) is 57.1 Å². The molecular weight excluding hydrogens is 240 g/mol. The fourth-order valence-electron chi connectivity index (χ4n) is 3.34. The maximum Gasteiger partial charge on any atom is -0.00266 e. The molecule has 0 spiro atoms. The Morgan fingerprint density at radius 1 is 0.700 bits per heavy atom. The van der Waals surface area contributed by atoms with Crippen LogP contribution in [0, 0.1) is 0 Å². The van der Waals surface area contributed by atoms with E-state index in [2.05, 4.69) is 61.5 Å². The molecule has 0 heteroatoms. The Kier molecular flexibility index (Phi) is 2.63. The molecule has 0 aliphatic heterocycles. The first-order chi connectivity index (χ1) is 9.86. The van der Waals surface area contributed by atoms with Crippen molar-refractivity contribution < 1.29 is 0 Å². The Balaban J connectivity index is 2.08. The molecule has 0 N–H and O–H groups in total. The van der Waals surface area contributed by atoms with E-state index in [1.807, 2.05) is 0 Å². The molecule has 0 atom stereocenters. The van der Waals surface area contributed by atoms with Gasteiger partial charge in [-0.1, -0.05) is 67.9 Å². The fraction of sp³-hybridized carbons (Fsp3) is 0.200. The third kappa shape index (κ3) is 1.68. The van der Waals surface area contributed by atoms with E-state index in [0.717, 1.165) is 0 Å². The monoisotopic (exact) mass is 258 g/mol. The van der Waals surface area contributed by atoms with Crippen molar-refractivity contribution in [2.24, 2.45) is 0 Å². The summed E-state index contributed by atoms with van der Waals surface area (Å²) in [6, 6.07) is 20.4. The molecule has 20 heavy (non-hydrogen) atoms. The SMILES string of the molecule is CCCCc1cc2ccc3cccc4ccc(c1)c2c34. The minimum absolute atomic E-state index is 1.19. The van der Waals surface area contributed by atoms with Crippen LogP contribution in [0.4, 0.5) is 0 Å². The van der Waals surface area contributed by atoms with Gasteiger partial charge in [0, 0.05) is 0 Å². The summed E-state index contributed by atoms with van der Waals surface area (Å²) >= 11 is 0. The van der Waals surface area contributed by atoms with Crippen LogP contribution in [0.25, 0.3) is 32.3 Å². The topological polar surface area (TPSA) is 0 Å². The van der Waals surface area contributed by atoms with Crippen molar-refractivity contribution >= 4 is 32.3 Å². The summed E-state index contributed by atoms with van der Waals surface area (Å²) in [6.45, 7) is 2.25. The lowest BCUT2D eigenvalue weighted by molar-refractivity contribution is 0.796. The standard InChI is InChI=1S/C20H18/c1-2-3-5-14-12-17-10-8-15-6-4-7-16-9-11-18(13-14)20(17)19(15)16/h4,6-13H,2-3,5H2,1H3. The maximum atomic E-state index is 2.38. The minimum atomic E-state index is 1.19. The van der Waals surface area contributed by atoms with Gasteiger partial charge in [-0.3, -0.25) is 0 Å². The first kappa shape index (κ1) is 11.7. The molecular formula is C20H18. The molecule has 0 aliphatic carbocycles. The molecule has 0 amide bonds. The molecule has 98 valence electrons. The zero-order valence-corrected chi connectivity index (χ0v) is 11.8. The summed E-state index contributed by atoms with van der Waals surface area (Å²) in [5, 5.41) is 8.32. The van der Waals surface area contributed by atoms with Gasteiger partial charge in [-0.2, -0.15) is 0 Å². The third-order valence-electron chi connectivity index (χ3n) is 4.34. The summed E-state index contributed by atoms with van der Waals surface area (Å²) in [4.78, 5) is 0. The van der Waals surface area contributed by atoms with Gasteiger partial charge in [-0.05, 0) is 50.7 Å². The van der Waals surface area contributed by atoms with E-state index in [-0.39, 0.29) is 0 Å². The molecule has 0 radical (unpaired) electrons. The normalized spacial score (nSPS) is 11.8. The van der Waals surface area contributed by atoms with E-state index < -0.39 is 0 Å². The lowest BCUT2D eigenvalue weighted by atomic mass is 9.92. The Hall–Kier alpha value is -2.08. The summed E-state index contributed by atoms with van der Waals surface area (Å²) in [7, 11) is 0. The van der Waals surface area contributed by atoms with Crippen LogP contribution in [0.3, 0.4) is 0 Å². The van der Waals surface area contributed by atoms with Crippen LogP contribution < -0.4 is 0 Å². The molecule has 0 saturated carbocycles. The molecule has 4 rings (SSSR count). The zero-order valence-electron chi connectivity index (χ0n) is 11.8. The van der Waals surface area contributed by atoms with E-state index in [1.54, 1.807) is 0 Å². The number of hydrogen-bond acceptors (Lipinski definition) is 0. The maximum absolute atomic E-state index is 2.38. The third-order valence-corrected chi connectivity index (χ3v) is 4.34. The summed E-state index contributed by atoms with van der Waals surface area (Å²) in [5.74, 6) is 0. The number of unbranched alkanes of at least 4 members (excludes halogenated alkanes) is 1. The van der Waals surface area contributed by atoms with Crippen molar-refractivity contribution in [3.63, 3.8) is 0 Å². The first-order valence-electron chi connectivity index (χ1n) is 7.53. The molecule has 4 aromatic rings. The van der Waals surface area contributed by atoms with Crippen molar-refractivity contribution in [3.8, 4) is 0 Å². The molecule has 0 saturated heterocycles. The summed E-state index contributed by atoms with van der Waals surface area (Å²) in [5.41, 5.74) is 1.47. The van der Waals surface area contributed by atoms with E-state index in [9.17, 15) is 0 Å². The van der Waals surface area contributed by atoms with Gasteiger partial charge < -0.3 is 0 Å². The Labute approximate surface area is 119 Å². The van der Waals surface area contributed by atoms with Gasteiger partial charge >= 0.3 is 0 Å². The van der Waals surface area contributed by atoms with Crippen molar-refractivity contribution in [1.29, 1.82) is 0 Å². The highest BCUT2D eigenvalue weighted by atomic mass is 14.1. The zero-order chi connectivity index (χ0) is 13.5.